The second-order valence-corrected chi connectivity index (χ2v) is 2.98. The molecule has 0 saturated carbocycles. The topological polar surface area (TPSA) is 66.6 Å². The van der Waals surface area contributed by atoms with Crippen molar-refractivity contribution >= 4 is 5.91 Å². The Morgan fingerprint density at radius 2 is 1.92 bits per heavy atom. The standard InChI is InChI=1S/C8H14N2O2/c9-8(12)7(11)6-10-4-2-1-3-5-10/h6,11H,1-5H2,(H2,9,12). The highest BCUT2D eigenvalue weighted by Crippen LogP contribution is 2.09. The maximum absolute atomic E-state index is 10.5. The van der Waals surface area contributed by atoms with Crippen molar-refractivity contribution in [1.82, 2.24) is 4.90 Å². The van der Waals surface area contributed by atoms with Gasteiger partial charge in [0.25, 0.3) is 5.91 Å². The summed E-state index contributed by atoms with van der Waals surface area (Å²) in [5.41, 5.74) is 4.87. The third-order valence-corrected chi connectivity index (χ3v) is 1.95. The van der Waals surface area contributed by atoms with Gasteiger partial charge in [-0.05, 0) is 19.3 Å². The lowest BCUT2D eigenvalue weighted by atomic mass is 10.1. The highest BCUT2D eigenvalue weighted by Gasteiger charge is 2.09. The van der Waals surface area contributed by atoms with Crippen LogP contribution in [-0.4, -0.2) is 29.0 Å². The summed E-state index contributed by atoms with van der Waals surface area (Å²) in [6.07, 6.45) is 4.88. The first kappa shape index (κ1) is 8.90. The fourth-order valence-corrected chi connectivity index (χ4v) is 1.28. The molecular weight excluding hydrogens is 156 g/mol. The Morgan fingerprint density at radius 1 is 1.33 bits per heavy atom. The quantitative estimate of drug-likeness (QED) is 0.464. The molecule has 0 unspecified atom stereocenters. The molecule has 0 radical (unpaired) electrons. The minimum Gasteiger partial charge on any atom is -0.502 e. The van der Waals surface area contributed by atoms with Crippen molar-refractivity contribution in [1.29, 1.82) is 0 Å². The Labute approximate surface area is 71.7 Å². The van der Waals surface area contributed by atoms with Crippen LogP contribution >= 0.6 is 0 Å². The van der Waals surface area contributed by atoms with E-state index >= 15 is 0 Å². The molecule has 1 rings (SSSR count). The second kappa shape index (κ2) is 3.99. The van der Waals surface area contributed by atoms with Crippen molar-refractivity contribution < 1.29 is 9.90 Å². The number of carbonyl (C=O) groups is 1. The molecule has 0 aromatic carbocycles. The van der Waals surface area contributed by atoms with E-state index in [1.54, 1.807) is 0 Å². The van der Waals surface area contributed by atoms with Gasteiger partial charge in [-0.3, -0.25) is 4.79 Å². The minimum absolute atomic E-state index is 0.350. The van der Waals surface area contributed by atoms with Crippen LogP contribution in [0.1, 0.15) is 19.3 Å². The number of nitrogens with zero attached hydrogens (tertiary/aromatic N) is 1. The van der Waals surface area contributed by atoms with Gasteiger partial charge in [-0.15, -0.1) is 0 Å². The van der Waals surface area contributed by atoms with E-state index in [0.717, 1.165) is 25.9 Å². The highest BCUT2D eigenvalue weighted by atomic mass is 16.3. The smallest absolute Gasteiger partial charge is 0.285 e. The van der Waals surface area contributed by atoms with E-state index in [9.17, 15) is 4.79 Å². The molecule has 12 heavy (non-hydrogen) atoms. The number of likely N-dealkylation sites (tertiary alicyclic amines) is 1. The molecule has 4 heteroatoms. The van der Waals surface area contributed by atoms with Crippen LogP contribution < -0.4 is 5.73 Å². The normalized spacial score (nSPS) is 19.3. The first-order valence-electron chi connectivity index (χ1n) is 4.15. The van der Waals surface area contributed by atoms with Crippen LogP contribution in [0.25, 0.3) is 0 Å². The number of hydrogen-bond donors (Lipinski definition) is 2. The molecule has 1 aliphatic heterocycles. The highest BCUT2D eigenvalue weighted by molar-refractivity contribution is 5.89. The Kier molecular flexibility index (Phi) is 2.96. The van der Waals surface area contributed by atoms with Crippen LogP contribution in [0.2, 0.25) is 0 Å². The van der Waals surface area contributed by atoms with Crippen molar-refractivity contribution in [3.8, 4) is 0 Å². The fourth-order valence-electron chi connectivity index (χ4n) is 1.28. The molecule has 68 valence electrons. The van der Waals surface area contributed by atoms with Gasteiger partial charge in [-0.25, -0.2) is 0 Å². The average Bonchev–Trinajstić information content (AvgIpc) is 2.06. The lowest BCUT2D eigenvalue weighted by Crippen LogP contribution is -2.26. The molecule has 1 saturated heterocycles. The molecule has 1 fully saturated rings. The van der Waals surface area contributed by atoms with Crippen LogP contribution in [0.5, 0.6) is 0 Å². The molecule has 0 atom stereocenters. The van der Waals surface area contributed by atoms with Gasteiger partial charge in [0.2, 0.25) is 0 Å². The molecule has 4 nitrogen and oxygen atoms in total. The zero-order chi connectivity index (χ0) is 8.97. The van der Waals surface area contributed by atoms with E-state index in [1.807, 2.05) is 4.90 Å². The Bertz CT molecular complexity index is 195. The van der Waals surface area contributed by atoms with Gasteiger partial charge in [-0.2, -0.15) is 0 Å². The van der Waals surface area contributed by atoms with Crippen molar-refractivity contribution in [2.75, 3.05) is 13.1 Å². The number of rotatable bonds is 2. The zero-order valence-corrected chi connectivity index (χ0v) is 6.99. The van der Waals surface area contributed by atoms with E-state index in [0.29, 0.717) is 0 Å². The van der Waals surface area contributed by atoms with Crippen molar-refractivity contribution in [3.63, 3.8) is 0 Å². The first-order chi connectivity index (χ1) is 5.70. The maximum Gasteiger partial charge on any atom is 0.285 e. The third-order valence-electron chi connectivity index (χ3n) is 1.95. The Hall–Kier alpha value is -1.19. The van der Waals surface area contributed by atoms with Gasteiger partial charge in [0, 0.05) is 19.3 Å². The lowest BCUT2D eigenvalue weighted by molar-refractivity contribution is -0.117. The molecule has 0 aromatic rings. The molecule has 0 aromatic heterocycles. The molecule has 0 bridgehead atoms. The van der Waals surface area contributed by atoms with Crippen molar-refractivity contribution in [2.45, 2.75) is 19.3 Å². The van der Waals surface area contributed by atoms with Crippen LogP contribution in [0, 0.1) is 0 Å². The summed E-state index contributed by atoms with van der Waals surface area (Å²) < 4.78 is 0. The Morgan fingerprint density at radius 3 is 2.42 bits per heavy atom. The van der Waals surface area contributed by atoms with Gasteiger partial charge >= 0.3 is 0 Å². The number of carbonyl (C=O) groups excluding carboxylic acids is 1. The van der Waals surface area contributed by atoms with Crippen LogP contribution in [0.15, 0.2) is 12.0 Å². The van der Waals surface area contributed by atoms with Crippen LogP contribution in [-0.2, 0) is 4.79 Å². The number of piperidine rings is 1. The molecule has 1 amide bonds. The molecular formula is C8H14N2O2. The largest absolute Gasteiger partial charge is 0.502 e. The monoisotopic (exact) mass is 170 g/mol. The summed E-state index contributed by atoms with van der Waals surface area (Å²) in [4.78, 5) is 12.4. The Balaban J connectivity index is 2.47. The predicted molar refractivity (Wildman–Crippen MR) is 45.3 cm³/mol. The summed E-state index contributed by atoms with van der Waals surface area (Å²) in [5.74, 6) is -1.11. The number of hydrogen-bond acceptors (Lipinski definition) is 3. The number of aliphatic hydroxyl groups is 1. The average molecular weight is 170 g/mol. The minimum atomic E-state index is -0.763. The van der Waals surface area contributed by atoms with Crippen LogP contribution in [0.3, 0.4) is 0 Å². The van der Waals surface area contributed by atoms with E-state index in [-0.39, 0.29) is 5.76 Å². The first-order valence-corrected chi connectivity index (χ1v) is 4.15. The number of nitrogens with two attached hydrogens (primary N) is 1. The zero-order valence-electron chi connectivity index (χ0n) is 6.99. The van der Waals surface area contributed by atoms with Crippen molar-refractivity contribution in [3.05, 3.63) is 12.0 Å². The van der Waals surface area contributed by atoms with Gasteiger partial charge < -0.3 is 15.7 Å². The summed E-state index contributed by atoms with van der Waals surface area (Å²) in [6.45, 7) is 1.80. The molecule has 0 spiro atoms. The number of aliphatic hydroxyl groups excluding tert-OH is 1. The summed E-state index contributed by atoms with van der Waals surface area (Å²) in [6, 6.07) is 0. The third kappa shape index (κ3) is 2.45. The van der Waals surface area contributed by atoms with Gasteiger partial charge in [0.05, 0.1) is 0 Å². The number of primary amides is 1. The summed E-state index contributed by atoms with van der Waals surface area (Å²) >= 11 is 0. The molecule has 3 N–H and O–H groups in total. The lowest BCUT2D eigenvalue weighted by Gasteiger charge is -2.24. The van der Waals surface area contributed by atoms with Gasteiger partial charge in [0.1, 0.15) is 0 Å². The van der Waals surface area contributed by atoms with Gasteiger partial charge in [-0.1, -0.05) is 0 Å². The summed E-state index contributed by atoms with van der Waals surface area (Å²) in [7, 11) is 0. The maximum atomic E-state index is 10.5. The fraction of sp³-hybridized carbons (Fsp3) is 0.625. The summed E-state index contributed by atoms with van der Waals surface area (Å²) in [5, 5.41) is 9.02. The van der Waals surface area contributed by atoms with E-state index in [4.69, 9.17) is 10.8 Å². The molecule has 0 aliphatic carbocycles. The molecule has 1 aliphatic rings. The van der Waals surface area contributed by atoms with Crippen LogP contribution in [0.4, 0.5) is 0 Å². The van der Waals surface area contributed by atoms with E-state index in [2.05, 4.69) is 0 Å². The SMILES string of the molecule is NC(=O)C(O)=CN1CCCCC1. The second-order valence-electron chi connectivity index (χ2n) is 2.98. The van der Waals surface area contributed by atoms with E-state index < -0.39 is 5.91 Å². The van der Waals surface area contributed by atoms with Gasteiger partial charge in [0.15, 0.2) is 5.76 Å². The number of amides is 1. The molecule has 1 heterocycles. The van der Waals surface area contributed by atoms with Crippen molar-refractivity contribution in [2.24, 2.45) is 5.73 Å². The predicted octanol–water partition coefficient (Wildman–Crippen LogP) is 0.357. The van der Waals surface area contributed by atoms with E-state index in [1.165, 1.54) is 12.6 Å².